The first-order valence-corrected chi connectivity index (χ1v) is 13.9. The van der Waals surface area contributed by atoms with Gasteiger partial charge in [-0.1, -0.05) is 76.0 Å². The van der Waals surface area contributed by atoms with Crippen molar-refractivity contribution in [2.24, 2.45) is 0 Å². The molecule has 0 heterocycles. The first-order chi connectivity index (χ1) is 20.7. The average Bonchev–Trinajstić information content (AvgIpc) is 2.93. The molecule has 0 spiro atoms. The van der Waals surface area contributed by atoms with Crippen molar-refractivity contribution in [1.82, 2.24) is 0 Å². The molecule has 46 heavy (non-hydrogen) atoms. The van der Waals surface area contributed by atoms with Crippen LogP contribution in [0.4, 0.5) is 74.6 Å². The Morgan fingerprint density at radius 3 is 1.24 bits per heavy atom. The maximum absolute atomic E-state index is 14.5. The molecule has 0 amide bonds. The van der Waals surface area contributed by atoms with Gasteiger partial charge in [0.05, 0.1) is 13.3 Å². The van der Waals surface area contributed by atoms with E-state index in [1.807, 2.05) is 0 Å². The van der Waals surface area contributed by atoms with Crippen molar-refractivity contribution in [3.05, 3.63) is 41.9 Å². The summed E-state index contributed by atoms with van der Waals surface area (Å²) < 4.78 is 231. The van der Waals surface area contributed by atoms with Gasteiger partial charge in [0.1, 0.15) is 6.54 Å². The van der Waals surface area contributed by atoms with E-state index in [-0.39, 0.29) is 17.7 Å². The summed E-state index contributed by atoms with van der Waals surface area (Å²) in [6.07, 6.45) is 2.35. The molecule has 268 valence electrons. The molecule has 1 nitrogen and oxygen atoms in total. The number of rotatable bonds is 20. The third-order valence-corrected chi connectivity index (χ3v) is 7.13. The fourth-order valence-corrected chi connectivity index (χ4v) is 4.20. The largest absolute Gasteiger partial charge is 0.460 e. The van der Waals surface area contributed by atoms with Crippen molar-refractivity contribution < 1.29 is 79.2 Å². The Morgan fingerprint density at radius 1 is 0.500 bits per heavy atom. The van der Waals surface area contributed by atoms with Gasteiger partial charge in [-0.3, -0.25) is 4.58 Å². The molecule has 0 unspecified atom stereocenters. The summed E-state index contributed by atoms with van der Waals surface area (Å²) >= 11 is 0. The predicted molar refractivity (Wildman–Crippen MR) is 134 cm³/mol. The van der Waals surface area contributed by atoms with Gasteiger partial charge in [0, 0.05) is 12.0 Å². The standard InChI is InChI=1S/C28H32F17N/c1-3-4-5-6-7-8-9-10-11-12-17-46(2)18-19-13-15-20(16-14-19)21(29,30)22(31,32)23(33,34)24(35,36)25(37,38)26(39,40)27(41,42)28(43,44)45/h13-16,18H,2-12,17H2,1H3. The molecule has 1 aromatic rings. The molecule has 0 bridgehead atoms. The predicted octanol–water partition coefficient (Wildman–Crippen LogP) is 11.3. The third kappa shape index (κ3) is 7.98. The number of unbranched alkanes of at least 4 members (excludes halogenated alkanes) is 9. The van der Waals surface area contributed by atoms with Gasteiger partial charge < -0.3 is 0 Å². The van der Waals surface area contributed by atoms with E-state index < -0.39 is 53.2 Å². The van der Waals surface area contributed by atoms with Crippen LogP contribution in [0.1, 0.15) is 82.3 Å². The fraction of sp³-hybridized carbons (Fsp3) is 0.714. The lowest BCUT2D eigenvalue weighted by Crippen LogP contribution is -2.74. The van der Waals surface area contributed by atoms with Crippen LogP contribution in [-0.4, -0.2) is 59.5 Å². The minimum atomic E-state index is -8.65. The summed E-state index contributed by atoms with van der Waals surface area (Å²) in [5.74, 6) is -56.6. The quantitative estimate of drug-likeness (QED) is 0.0418. The molecular formula is C28H32F17N. The van der Waals surface area contributed by atoms with Gasteiger partial charge in [-0.05, 0) is 6.42 Å². The second kappa shape index (κ2) is 14.8. The molecule has 0 aliphatic heterocycles. The molecule has 0 aliphatic rings. The molecule has 18 heteroatoms. The second-order valence-corrected chi connectivity index (χ2v) is 10.8. The summed E-state index contributed by atoms with van der Waals surface area (Å²) in [7, 11) is 0. The van der Waals surface area contributed by atoms with Crippen molar-refractivity contribution in [1.29, 1.82) is 0 Å². The molecule has 0 saturated carbocycles. The Hall–Kier alpha value is -2.43. The maximum Gasteiger partial charge on any atom is 0.460 e. The van der Waals surface area contributed by atoms with Crippen LogP contribution < -0.4 is 0 Å². The molecule has 1 aromatic carbocycles. The number of alkyl halides is 17. The number of hydrogen-bond acceptors (Lipinski definition) is 0. The van der Waals surface area contributed by atoms with E-state index in [2.05, 4.69) is 13.6 Å². The van der Waals surface area contributed by atoms with Crippen molar-refractivity contribution in [3.8, 4) is 0 Å². The topological polar surface area (TPSA) is 3.01 Å². The highest BCUT2D eigenvalue weighted by Gasteiger charge is 2.95. The number of benzene rings is 1. The van der Waals surface area contributed by atoms with Crippen LogP contribution in [0.5, 0.6) is 0 Å². The number of hydrogen-bond donors (Lipinski definition) is 0. The highest BCUT2D eigenvalue weighted by Crippen LogP contribution is 2.65. The van der Waals surface area contributed by atoms with E-state index in [4.69, 9.17) is 0 Å². The first kappa shape index (κ1) is 41.6. The van der Waals surface area contributed by atoms with Gasteiger partial charge >= 0.3 is 47.6 Å². The summed E-state index contributed by atoms with van der Waals surface area (Å²) in [6, 6.07) is 1.07. The highest BCUT2D eigenvalue weighted by molar-refractivity contribution is 5.32. The minimum absolute atomic E-state index is 0.0349. The SMILES string of the molecule is C=[N+]([CH-]c1ccc(C(F)(F)C(F)(F)C(F)(F)C(F)(F)C(F)(F)C(F)(F)C(F)(F)C(F)(F)F)cc1)CCCCCCCCCCCC. The van der Waals surface area contributed by atoms with E-state index in [1.165, 1.54) is 24.0 Å². The number of halogens is 17. The maximum atomic E-state index is 14.5. The molecule has 1 rings (SSSR count). The molecule has 0 fully saturated rings. The summed E-state index contributed by atoms with van der Waals surface area (Å²) in [6.45, 7) is 7.23. The fourth-order valence-electron chi connectivity index (χ4n) is 4.20. The van der Waals surface area contributed by atoms with Gasteiger partial charge in [-0.15, -0.1) is 12.1 Å². The Labute approximate surface area is 253 Å². The van der Waals surface area contributed by atoms with Gasteiger partial charge in [-0.2, -0.15) is 74.6 Å². The van der Waals surface area contributed by atoms with Crippen molar-refractivity contribution in [3.63, 3.8) is 0 Å². The van der Waals surface area contributed by atoms with Crippen LogP contribution in [0, 0.1) is 6.54 Å². The van der Waals surface area contributed by atoms with E-state index >= 15 is 0 Å². The molecule has 0 aliphatic carbocycles. The Balaban J connectivity index is 3.02. The smallest absolute Gasteiger partial charge is 0.291 e. The zero-order chi connectivity index (χ0) is 36.0. The molecular weight excluding hydrogens is 673 g/mol. The van der Waals surface area contributed by atoms with Crippen LogP contribution in [-0.2, 0) is 5.92 Å². The van der Waals surface area contributed by atoms with E-state index in [9.17, 15) is 74.6 Å². The highest BCUT2D eigenvalue weighted by atomic mass is 19.4. The van der Waals surface area contributed by atoms with Crippen molar-refractivity contribution >= 4 is 6.72 Å². The Bertz CT molecular complexity index is 1110. The van der Waals surface area contributed by atoms with Crippen molar-refractivity contribution in [2.45, 2.75) is 119 Å². The molecule has 0 atom stereocenters. The van der Waals surface area contributed by atoms with Crippen LogP contribution in [0.3, 0.4) is 0 Å². The van der Waals surface area contributed by atoms with Crippen LogP contribution >= 0.6 is 0 Å². The lowest BCUT2D eigenvalue weighted by molar-refractivity contribution is -0.473. The summed E-state index contributed by atoms with van der Waals surface area (Å²) in [4.78, 5) is 0. The Morgan fingerprint density at radius 2 is 0.848 bits per heavy atom. The lowest BCUT2D eigenvalue weighted by atomic mass is 9.87. The zero-order valence-electron chi connectivity index (χ0n) is 24.2. The molecule has 0 radical (unpaired) electrons. The van der Waals surface area contributed by atoms with Gasteiger partial charge in [0.15, 0.2) is 0 Å². The molecule has 0 N–H and O–H groups in total. The molecule has 0 saturated heterocycles. The van der Waals surface area contributed by atoms with Crippen LogP contribution in [0.15, 0.2) is 24.3 Å². The normalized spacial score (nSPS) is 14.5. The zero-order valence-corrected chi connectivity index (χ0v) is 24.2. The van der Waals surface area contributed by atoms with E-state index in [1.54, 1.807) is 0 Å². The lowest BCUT2D eigenvalue weighted by Gasteiger charge is -2.43. The van der Waals surface area contributed by atoms with E-state index in [0.29, 0.717) is 25.1 Å². The summed E-state index contributed by atoms with van der Waals surface area (Å²) in [5, 5.41) is 0. The first-order valence-electron chi connectivity index (χ1n) is 13.9. The van der Waals surface area contributed by atoms with Crippen LogP contribution in [0.2, 0.25) is 0 Å². The van der Waals surface area contributed by atoms with E-state index in [0.717, 1.165) is 44.9 Å². The average molecular weight is 706 g/mol. The monoisotopic (exact) mass is 705 g/mol. The molecule has 0 aromatic heterocycles. The van der Waals surface area contributed by atoms with Gasteiger partial charge in [-0.25, -0.2) is 0 Å². The third-order valence-electron chi connectivity index (χ3n) is 7.13. The summed E-state index contributed by atoms with van der Waals surface area (Å²) in [5.41, 5.74) is -2.33. The Kier molecular flexibility index (Phi) is 13.4. The number of nitrogens with zero attached hydrogens (tertiary/aromatic N) is 1. The van der Waals surface area contributed by atoms with Crippen molar-refractivity contribution in [2.75, 3.05) is 6.54 Å². The van der Waals surface area contributed by atoms with Crippen LogP contribution in [0.25, 0.3) is 0 Å². The van der Waals surface area contributed by atoms with Gasteiger partial charge in [0.25, 0.3) is 0 Å². The minimum Gasteiger partial charge on any atom is -0.291 e. The second-order valence-electron chi connectivity index (χ2n) is 10.8. The van der Waals surface area contributed by atoms with Gasteiger partial charge in [0.2, 0.25) is 0 Å².